The number of phenolic OH excluding ortho intramolecular Hbond substituents is 2. The van der Waals surface area contributed by atoms with Gasteiger partial charge >= 0.3 is 0 Å². The highest BCUT2D eigenvalue weighted by Crippen LogP contribution is 2.39. The van der Waals surface area contributed by atoms with E-state index in [0.717, 1.165) is 62.0 Å². The Balaban J connectivity index is 1.43. The van der Waals surface area contributed by atoms with E-state index in [-0.39, 0.29) is 11.5 Å². The summed E-state index contributed by atoms with van der Waals surface area (Å²) in [5.74, 6) is 1.35. The molecule has 0 fully saturated rings. The van der Waals surface area contributed by atoms with E-state index < -0.39 is 0 Å². The lowest BCUT2D eigenvalue weighted by Crippen LogP contribution is -2.03. The predicted molar refractivity (Wildman–Crippen MR) is 172 cm³/mol. The van der Waals surface area contributed by atoms with Crippen molar-refractivity contribution >= 4 is 11.8 Å². The number of hydrogen-bond donors (Lipinski definition) is 2. The number of unbranched alkanes of at least 4 members (excludes halogenated alkanes) is 15. The second-order valence-corrected chi connectivity index (χ2v) is 12.4. The standard InChI is InChI=1S/C35H53N3O2S/c1-3-5-7-8-9-10-11-12-13-14-15-16-17-20-23-29-27-32(40)33(28-31(29)39)41-35-37-36-34(26-19-6-4-2)38(35)30-24-21-18-22-25-30/h18,21-22,24-25,27-28,39-40H,3-17,19-20,23,26H2,1-2H3. The van der Waals surface area contributed by atoms with E-state index in [2.05, 4.69) is 28.6 Å². The molecule has 0 unspecified atom stereocenters. The molecule has 0 aliphatic rings. The van der Waals surface area contributed by atoms with Gasteiger partial charge in [-0.2, -0.15) is 0 Å². The number of nitrogens with zero attached hydrogens (tertiary/aromatic N) is 3. The number of benzene rings is 2. The van der Waals surface area contributed by atoms with Crippen molar-refractivity contribution in [3.63, 3.8) is 0 Å². The largest absolute Gasteiger partial charge is 0.508 e. The van der Waals surface area contributed by atoms with Crippen LogP contribution in [-0.4, -0.2) is 25.0 Å². The molecule has 2 N–H and O–H groups in total. The second-order valence-electron chi connectivity index (χ2n) is 11.4. The van der Waals surface area contributed by atoms with E-state index in [9.17, 15) is 10.2 Å². The third kappa shape index (κ3) is 11.7. The molecule has 0 radical (unpaired) electrons. The van der Waals surface area contributed by atoms with Crippen molar-refractivity contribution in [1.82, 2.24) is 14.8 Å². The third-order valence-electron chi connectivity index (χ3n) is 7.88. The number of aromatic hydroxyl groups is 2. The maximum absolute atomic E-state index is 10.8. The van der Waals surface area contributed by atoms with Crippen molar-refractivity contribution in [2.24, 2.45) is 0 Å². The summed E-state index contributed by atoms with van der Waals surface area (Å²) < 4.78 is 2.07. The molecule has 0 saturated heterocycles. The Hall–Kier alpha value is -2.47. The monoisotopic (exact) mass is 579 g/mol. The van der Waals surface area contributed by atoms with Gasteiger partial charge in [0, 0.05) is 12.1 Å². The fourth-order valence-electron chi connectivity index (χ4n) is 5.39. The number of rotatable bonds is 22. The molecule has 0 bridgehead atoms. The average Bonchev–Trinajstić information content (AvgIpc) is 3.38. The Morgan fingerprint density at radius 3 is 1.76 bits per heavy atom. The van der Waals surface area contributed by atoms with Crippen molar-refractivity contribution in [2.45, 2.75) is 146 Å². The quantitative estimate of drug-likeness (QED) is 0.0915. The molecule has 0 aliphatic carbocycles. The highest BCUT2D eigenvalue weighted by Gasteiger charge is 2.18. The Labute approximate surface area is 253 Å². The molecule has 0 saturated carbocycles. The fourth-order valence-corrected chi connectivity index (χ4v) is 6.30. The van der Waals surface area contributed by atoms with Gasteiger partial charge in [0.1, 0.15) is 17.3 Å². The number of phenols is 2. The zero-order chi connectivity index (χ0) is 29.1. The van der Waals surface area contributed by atoms with Crippen LogP contribution in [0.4, 0.5) is 0 Å². The van der Waals surface area contributed by atoms with Gasteiger partial charge in [-0.05, 0) is 60.9 Å². The van der Waals surface area contributed by atoms with Gasteiger partial charge in [0.15, 0.2) is 0 Å². The van der Waals surface area contributed by atoms with Crippen LogP contribution in [0.1, 0.15) is 134 Å². The van der Waals surface area contributed by atoms with Crippen LogP contribution in [0.5, 0.6) is 11.5 Å². The van der Waals surface area contributed by atoms with Crippen molar-refractivity contribution < 1.29 is 10.2 Å². The highest BCUT2D eigenvalue weighted by atomic mass is 32.2. The van der Waals surface area contributed by atoms with Crippen LogP contribution in [0.2, 0.25) is 0 Å². The topological polar surface area (TPSA) is 71.2 Å². The van der Waals surface area contributed by atoms with Crippen molar-refractivity contribution in [3.05, 3.63) is 53.9 Å². The van der Waals surface area contributed by atoms with E-state index in [0.29, 0.717) is 10.1 Å². The molecule has 0 atom stereocenters. The van der Waals surface area contributed by atoms with E-state index in [1.807, 2.05) is 30.3 Å². The summed E-state index contributed by atoms with van der Waals surface area (Å²) in [5.41, 5.74) is 1.82. The molecule has 226 valence electrons. The Morgan fingerprint density at radius 1 is 0.610 bits per heavy atom. The van der Waals surface area contributed by atoms with Crippen LogP contribution in [0.15, 0.2) is 52.5 Å². The zero-order valence-electron chi connectivity index (χ0n) is 25.6. The Kier molecular flexibility index (Phi) is 15.8. The summed E-state index contributed by atoms with van der Waals surface area (Å²) in [6.07, 6.45) is 23.6. The summed E-state index contributed by atoms with van der Waals surface area (Å²) in [4.78, 5) is 0.594. The molecule has 3 rings (SSSR count). The van der Waals surface area contributed by atoms with Gasteiger partial charge in [-0.25, -0.2) is 0 Å². The minimum absolute atomic E-state index is 0.184. The van der Waals surface area contributed by atoms with Crippen molar-refractivity contribution in [3.8, 4) is 17.2 Å². The van der Waals surface area contributed by atoms with Crippen LogP contribution >= 0.6 is 11.8 Å². The van der Waals surface area contributed by atoms with Gasteiger partial charge < -0.3 is 10.2 Å². The van der Waals surface area contributed by atoms with Gasteiger partial charge in [0.05, 0.1) is 4.90 Å². The third-order valence-corrected chi connectivity index (χ3v) is 8.87. The van der Waals surface area contributed by atoms with Gasteiger partial charge in [0.2, 0.25) is 5.16 Å². The SMILES string of the molecule is CCCCCCCCCCCCCCCCc1cc(O)c(Sc2nnc(CCCCC)n2-c2ccccc2)cc1O. The van der Waals surface area contributed by atoms with Crippen LogP contribution in [0.25, 0.3) is 5.69 Å². The minimum atomic E-state index is 0.184. The summed E-state index contributed by atoms with van der Waals surface area (Å²) in [6, 6.07) is 13.5. The maximum Gasteiger partial charge on any atom is 0.200 e. The van der Waals surface area contributed by atoms with E-state index >= 15 is 0 Å². The van der Waals surface area contributed by atoms with Crippen LogP contribution in [-0.2, 0) is 12.8 Å². The van der Waals surface area contributed by atoms with Crippen molar-refractivity contribution in [1.29, 1.82) is 0 Å². The first-order chi connectivity index (χ1) is 20.1. The molecule has 1 heterocycles. The number of aromatic nitrogens is 3. The molecular formula is C35H53N3O2S. The molecule has 6 heteroatoms. The van der Waals surface area contributed by atoms with E-state index in [1.54, 1.807) is 12.1 Å². The lowest BCUT2D eigenvalue weighted by Gasteiger charge is -2.12. The number of aryl methyl sites for hydroxylation is 2. The van der Waals surface area contributed by atoms with E-state index in [1.165, 1.54) is 88.8 Å². The maximum atomic E-state index is 10.8. The molecule has 0 spiro atoms. The highest BCUT2D eigenvalue weighted by molar-refractivity contribution is 7.99. The molecular weight excluding hydrogens is 526 g/mol. The van der Waals surface area contributed by atoms with Crippen molar-refractivity contribution in [2.75, 3.05) is 0 Å². The van der Waals surface area contributed by atoms with Gasteiger partial charge in [-0.3, -0.25) is 4.57 Å². The molecule has 0 aliphatic heterocycles. The summed E-state index contributed by atoms with van der Waals surface area (Å²) in [6.45, 7) is 4.47. The average molecular weight is 580 g/mol. The lowest BCUT2D eigenvalue weighted by atomic mass is 10.0. The van der Waals surface area contributed by atoms with Gasteiger partial charge in [-0.15, -0.1) is 10.2 Å². The molecule has 41 heavy (non-hydrogen) atoms. The molecule has 5 nitrogen and oxygen atoms in total. The normalized spacial score (nSPS) is 11.4. The number of para-hydroxylation sites is 1. The van der Waals surface area contributed by atoms with Gasteiger partial charge in [0.25, 0.3) is 0 Å². The summed E-state index contributed by atoms with van der Waals surface area (Å²) in [7, 11) is 0. The lowest BCUT2D eigenvalue weighted by molar-refractivity contribution is 0.442. The van der Waals surface area contributed by atoms with Crippen LogP contribution in [0, 0.1) is 0 Å². The molecule has 2 aromatic carbocycles. The van der Waals surface area contributed by atoms with Crippen LogP contribution < -0.4 is 0 Å². The molecule has 3 aromatic rings. The predicted octanol–water partition coefficient (Wildman–Crippen LogP) is 10.6. The fraction of sp³-hybridized carbons (Fsp3) is 0.600. The van der Waals surface area contributed by atoms with Gasteiger partial charge in [-0.1, -0.05) is 128 Å². The Morgan fingerprint density at radius 2 is 1.15 bits per heavy atom. The first-order valence-corrected chi connectivity index (χ1v) is 17.2. The van der Waals surface area contributed by atoms with E-state index in [4.69, 9.17) is 0 Å². The summed E-state index contributed by atoms with van der Waals surface area (Å²) in [5, 5.41) is 31.2. The number of hydrogen-bond acceptors (Lipinski definition) is 5. The molecule has 0 amide bonds. The Bertz CT molecular complexity index is 1120. The first-order valence-electron chi connectivity index (χ1n) is 16.4. The summed E-state index contributed by atoms with van der Waals surface area (Å²) >= 11 is 1.35. The van der Waals surface area contributed by atoms with Crippen LogP contribution in [0.3, 0.4) is 0 Å². The smallest absolute Gasteiger partial charge is 0.200 e. The minimum Gasteiger partial charge on any atom is -0.508 e. The first kappa shape index (κ1) is 33.0. The zero-order valence-corrected chi connectivity index (χ0v) is 26.4. The molecule has 1 aromatic heterocycles. The second kappa shape index (κ2) is 19.6.